The second kappa shape index (κ2) is 8.22. The molecule has 1 N–H and O–H groups in total. The first kappa shape index (κ1) is 16.9. The lowest BCUT2D eigenvalue weighted by Gasteiger charge is -2.14. The second-order valence-electron chi connectivity index (χ2n) is 4.56. The molecule has 112 valence electrons. The molecule has 0 bridgehead atoms. The average molecular weight is 432 g/mol. The number of ether oxygens (including phenoxy) is 1. The summed E-state index contributed by atoms with van der Waals surface area (Å²) < 4.78 is 7.38. The van der Waals surface area contributed by atoms with Crippen LogP contribution in [0.15, 0.2) is 56.3 Å². The van der Waals surface area contributed by atoms with Crippen LogP contribution in [0.2, 0.25) is 0 Å². The lowest BCUT2D eigenvalue weighted by Crippen LogP contribution is -2.14. The summed E-state index contributed by atoms with van der Waals surface area (Å²) in [5.74, 6) is 1.45. The second-order valence-corrected chi connectivity index (χ2v) is 7.39. The van der Waals surface area contributed by atoms with E-state index in [-0.39, 0.29) is 0 Å². The normalized spacial score (nSPS) is 12.2. The number of hydrogen-bond acceptors (Lipinski definition) is 3. The summed E-state index contributed by atoms with van der Waals surface area (Å²) in [6.07, 6.45) is 0.144. The SMILES string of the molecule is COc1ccc(Br)cc1CC(O)CSc1ccccc1Br. The van der Waals surface area contributed by atoms with Crippen LogP contribution >= 0.6 is 43.6 Å². The average Bonchev–Trinajstić information content (AvgIpc) is 2.47. The highest BCUT2D eigenvalue weighted by Crippen LogP contribution is 2.29. The van der Waals surface area contributed by atoms with Crippen molar-refractivity contribution in [1.29, 1.82) is 0 Å². The molecule has 0 heterocycles. The van der Waals surface area contributed by atoms with Crippen molar-refractivity contribution >= 4 is 43.6 Å². The van der Waals surface area contributed by atoms with E-state index < -0.39 is 6.10 Å². The lowest BCUT2D eigenvalue weighted by molar-refractivity contribution is 0.198. The summed E-state index contributed by atoms with van der Waals surface area (Å²) in [5, 5.41) is 10.3. The van der Waals surface area contributed by atoms with Gasteiger partial charge in [0.15, 0.2) is 0 Å². The van der Waals surface area contributed by atoms with Gasteiger partial charge in [-0.25, -0.2) is 0 Å². The van der Waals surface area contributed by atoms with Crippen molar-refractivity contribution < 1.29 is 9.84 Å². The van der Waals surface area contributed by atoms with Crippen molar-refractivity contribution in [2.75, 3.05) is 12.9 Å². The molecule has 1 atom stereocenters. The number of rotatable bonds is 6. The van der Waals surface area contributed by atoms with E-state index in [1.807, 2.05) is 42.5 Å². The molecule has 0 spiro atoms. The number of halogens is 2. The van der Waals surface area contributed by atoms with Gasteiger partial charge >= 0.3 is 0 Å². The molecule has 0 radical (unpaired) electrons. The van der Waals surface area contributed by atoms with Crippen molar-refractivity contribution in [2.45, 2.75) is 17.4 Å². The maximum absolute atomic E-state index is 10.3. The third-order valence-electron chi connectivity index (χ3n) is 2.97. The fourth-order valence-electron chi connectivity index (χ4n) is 1.97. The molecule has 2 nitrogen and oxygen atoms in total. The van der Waals surface area contributed by atoms with Crippen LogP contribution in [0, 0.1) is 0 Å². The quantitative estimate of drug-likeness (QED) is 0.658. The molecule has 21 heavy (non-hydrogen) atoms. The number of aliphatic hydroxyl groups excluding tert-OH is 1. The smallest absolute Gasteiger partial charge is 0.122 e. The molecule has 0 aliphatic carbocycles. The van der Waals surface area contributed by atoms with Crippen LogP contribution in [-0.2, 0) is 6.42 Å². The fourth-order valence-corrected chi connectivity index (χ4v) is 3.87. The zero-order valence-electron chi connectivity index (χ0n) is 11.6. The molecule has 1 unspecified atom stereocenters. The molecule has 5 heteroatoms. The van der Waals surface area contributed by atoms with Crippen LogP contribution < -0.4 is 4.74 Å². The summed E-state index contributed by atoms with van der Waals surface area (Å²) in [7, 11) is 1.65. The van der Waals surface area contributed by atoms with Crippen molar-refractivity contribution in [3.8, 4) is 5.75 Å². The summed E-state index contributed by atoms with van der Waals surface area (Å²) in [6, 6.07) is 13.9. The first-order valence-electron chi connectivity index (χ1n) is 6.48. The van der Waals surface area contributed by atoms with Crippen LogP contribution in [0.25, 0.3) is 0 Å². The van der Waals surface area contributed by atoms with Gasteiger partial charge in [0.1, 0.15) is 5.75 Å². The van der Waals surface area contributed by atoms with E-state index in [9.17, 15) is 5.11 Å². The largest absolute Gasteiger partial charge is 0.496 e. The summed E-state index contributed by atoms with van der Waals surface area (Å²) >= 11 is 8.61. The number of aliphatic hydroxyl groups is 1. The van der Waals surface area contributed by atoms with Crippen LogP contribution in [0.4, 0.5) is 0 Å². The van der Waals surface area contributed by atoms with Gasteiger partial charge in [-0.3, -0.25) is 0 Å². The third-order valence-corrected chi connectivity index (χ3v) is 5.63. The molecule has 2 aromatic carbocycles. The first-order valence-corrected chi connectivity index (χ1v) is 9.05. The van der Waals surface area contributed by atoms with E-state index >= 15 is 0 Å². The maximum Gasteiger partial charge on any atom is 0.122 e. The third kappa shape index (κ3) is 5.02. The van der Waals surface area contributed by atoms with Crippen LogP contribution in [-0.4, -0.2) is 24.1 Å². The topological polar surface area (TPSA) is 29.5 Å². The Kier molecular flexibility index (Phi) is 6.61. The van der Waals surface area contributed by atoms with Gasteiger partial charge in [-0.05, 0) is 51.8 Å². The zero-order chi connectivity index (χ0) is 15.2. The number of hydrogen-bond donors (Lipinski definition) is 1. The van der Waals surface area contributed by atoms with Gasteiger partial charge in [-0.1, -0.05) is 28.1 Å². The van der Waals surface area contributed by atoms with E-state index in [1.165, 1.54) is 0 Å². The molecular formula is C16H16Br2O2S. The molecule has 0 saturated carbocycles. The van der Waals surface area contributed by atoms with E-state index in [1.54, 1.807) is 18.9 Å². The highest BCUT2D eigenvalue weighted by molar-refractivity contribution is 9.10. The van der Waals surface area contributed by atoms with Gasteiger partial charge in [0.05, 0.1) is 13.2 Å². The standard InChI is InChI=1S/C16H16Br2O2S/c1-20-15-7-6-12(17)8-11(15)9-13(19)10-21-16-5-3-2-4-14(16)18/h2-8,13,19H,9-10H2,1H3. The Morgan fingerprint density at radius 1 is 1.19 bits per heavy atom. The molecule has 0 amide bonds. The van der Waals surface area contributed by atoms with Crippen molar-refractivity contribution in [3.63, 3.8) is 0 Å². The van der Waals surface area contributed by atoms with E-state index in [4.69, 9.17) is 4.74 Å². The minimum absolute atomic E-state index is 0.426. The molecule has 2 aromatic rings. The minimum Gasteiger partial charge on any atom is -0.496 e. The Morgan fingerprint density at radius 3 is 2.67 bits per heavy atom. The highest BCUT2D eigenvalue weighted by atomic mass is 79.9. The predicted molar refractivity (Wildman–Crippen MR) is 95.3 cm³/mol. The number of benzene rings is 2. The molecule has 0 aliphatic heterocycles. The van der Waals surface area contributed by atoms with Crippen molar-refractivity contribution in [1.82, 2.24) is 0 Å². The fraction of sp³-hybridized carbons (Fsp3) is 0.250. The molecular weight excluding hydrogens is 416 g/mol. The van der Waals surface area contributed by atoms with Gasteiger partial charge in [-0.2, -0.15) is 0 Å². The zero-order valence-corrected chi connectivity index (χ0v) is 15.5. The monoisotopic (exact) mass is 430 g/mol. The van der Waals surface area contributed by atoms with Crippen molar-refractivity contribution in [3.05, 3.63) is 57.0 Å². The molecule has 0 saturated heterocycles. The predicted octanol–water partition coefficient (Wildman–Crippen LogP) is 4.92. The van der Waals surface area contributed by atoms with Gasteiger partial charge in [0.2, 0.25) is 0 Å². The first-order chi connectivity index (χ1) is 10.1. The number of thioether (sulfide) groups is 1. The van der Waals surface area contributed by atoms with Gasteiger partial charge < -0.3 is 9.84 Å². The Balaban J connectivity index is 1.97. The Bertz CT molecular complexity index is 605. The van der Waals surface area contributed by atoms with E-state index in [0.29, 0.717) is 12.2 Å². The maximum atomic E-state index is 10.3. The summed E-state index contributed by atoms with van der Waals surface area (Å²) in [5.41, 5.74) is 1.01. The van der Waals surface area contributed by atoms with Crippen LogP contribution in [0.5, 0.6) is 5.75 Å². The minimum atomic E-state index is -0.426. The van der Waals surface area contributed by atoms with Gasteiger partial charge in [-0.15, -0.1) is 11.8 Å². The number of methoxy groups -OCH3 is 1. The molecule has 2 rings (SSSR count). The summed E-state index contributed by atoms with van der Waals surface area (Å²) in [4.78, 5) is 1.14. The van der Waals surface area contributed by atoms with E-state index in [0.717, 1.165) is 25.2 Å². The van der Waals surface area contributed by atoms with Crippen LogP contribution in [0.3, 0.4) is 0 Å². The molecule has 0 aliphatic rings. The van der Waals surface area contributed by atoms with Crippen LogP contribution in [0.1, 0.15) is 5.56 Å². The molecule has 0 aromatic heterocycles. The molecule has 0 fully saturated rings. The Morgan fingerprint density at radius 2 is 1.95 bits per heavy atom. The van der Waals surface area contributed by atoms with Gasteiger partial charge in [0, 0.05) is 26.0 Å². The Labute approximate surface area is 146 Å². The highest BCUT2D eigenvalue weighted by Gasteiger charge is 2.12. The van der Waals surface area contributed by atoms with Gasteiger partial charge in [0.25, 0.3) is 0 Å². The van der Waals surface area contributed by atoms with E-state index in [2.05, 4.69) is 31.9 Å². The lowest BCUT2D eigenvalue weighted by atomic mass is 10.1. The summed E-state index contributed by atoms with van der Waals surface area (Å²) in [6.45, 7) is 0. The van der Waals surface area contributed by atoms with Crippen molar-refractivity contribution in [2.24, 2.45) is 0 Å². The Hall–Kier alpha value is -0.490.